The summed E-state index contributed by atoms with van der Waals surface area (Å²) in [5, 5.41) is 5.84. The van der Waals surface area contributed by atoms with Crippen LogP contribution in [0.2, 0.25) is 5.04 Å². The predicted molar refractivity (Wildman–Crippen MR) is 137 cm³/mol. The van der Waals surface area contributed by atoms with Crippen LogP contribution in [0.4, 0.5) is 5.13 Å². The summed E-state index contributed by atoms with van der Waals surface area (Å²) in [4.78, 5) is 17.6. The molecule has 7 heteroatoms. The zero-order chi connectivity index (χ0) is 23.2. The molecule has 2 aromatic carbocycles. The molecule has 0 saturated carbocycles. The molecular formula is C25H33N3O2SSi. The summed E-state index contributed by atoms with van der Waals surface area (Å²) in [6.45, 7) is 8.82. The highest BCUT2D eigenvalue weighted by Gasteiger charge is 2.52. The van der Waals surface area contributed by atoms with E-state index in [0.29, 0.717) is 0 Å². The number of hydrogen-bond donors (Lipinski definition) is 0. The first-order valence-corrected chi connectivity index (χ1v) is 13.6. The molecule has 0 bridgehead atoms. The van der Waals surface area contributed by atoms with Crippen molar-refractivity contribution in [3.05, 3.63) is 72.2 Å². The molecule has 1 aromatic heterocycles. The number of aromatic nitrogens is 1. The maximum atomic E-state index is 9.43. The van der Waals surface area contributed by atoms with E-state index in [4.69, 9.17) is 4.43 Å². The van der Waals surface area contributed by atoms with Gasteiger partial charge in [-0.25, -0.2) is 4.98 Å². The molecule has 0 aliphatic carbocycles. The molecule has 0 radical (unpaired) electrons. The molecule has 2 heterocycles. The second-order valence-corrected chi connectivity index (χ2v) is 14.3. The van der Waals surface area contributed by atoms with E-state index in [1.807, 2.05) is 11.6 Å². The zero-order valence-electron chi connectivity index (χ0n) is 19.6. The summed E-state index contributed by atoms with van der Waals surface area (Å²) >= 11 is 1.70. The van der Waals surface area contributed by atoms with Gasteiger partial charge in [-0.15, -0.1) is 11.3 Å². The number of amides is 1. The van der Waals surface area contributed by atoms with Crippen LogP contribution in [0.3, 0.4) is 0 Å². The normalized spacial score (nSPS) is 14.2. The minimum absolute atomic E-state index is 0.0251. The Morgan fingerprint density at radius 1 is 1.03 bits per heavy atom. The zero-order valence-corrected chi connectivity index (χ0v) is 21.4. The fourth-order valence-corrected chi connectivity index (χ4v) is 9.31. The summed E-state index contributed by atoms with van der Waals surface area (Å²) < 4.78 is 7.11. The van der Waals surface area contributed by atoms with Gasteiger partial charge < -0.3 is 14.2 Å². The minimum Gasteiger partial charge on any atom is -0.401 e. The van der Waals surface area contributed by atoms with Gasteiger partial charge in [0, 0.05) is 38.8 Å². The lowest BCUT2D eigenvalue weighted by Gasteiger charge is -2.49. The molecule has 5 nitrogen and oxygen atoms in total. The molecule has 0 unspecified atom stereocenters. The van der Waals surface area contributed by atoms with Gasteiger partial charge in [0.05, 0.1) is 6.10 Å². The number of rotatable bonds is 6. The van der Waals surface area contributed by atoms with E-state index in [1.54, 1.807) is 25.4 Å². The average Bonchev–Trinajstić information content (AvgIpc) is 3.28. The lowest BCUT2D eigenvalue weighted by atomic mass is 10.2. The number of hydrogen-bond acceptors (Lipinski definition) is 5. The second kappa shape index (κ2) is 10.4. The molecule has 1 amide bonds. The first-order chi connectivity index (χ1) is 15.3. The number of anilines is 1. The molecule has 170 valence electrons. The quantitative estimate of drug-likeness (QED) is 0.410. The van der Waals surface area contributed by atoms with Crippen LogP contribution in [0.15, 0.2) is 72.2 Å². The summed E-state index contributed by atoms with van der Waals surface area (Å²) in [7, 11) is 0.935. The van der Waals surface area contributed by atoms with Crippen LogP contribution in [0.25, 0.3) is 0 Å². The highest BCUT2D eigenvalue weighted by molar-refractivity contribution is 7.13. The van der Waals surface area contributed by atoms with E-state index in [2.05, 4.69) is 91.3 Å². The van der Waals surface area contributed by atoms with Crippen molar-refractivity contribution in [2.45, 2.75) is 31.9 Å². The molecule has 1 fully saturated rings. The summed E-state index contributed by atoms with van der Waals surface area (Å²) in [5.74, 6) is 0. The van der Waals surface area contributed by atoms with E-state index >= 15 is 0 Å². The smallest absolute Gasteiger partial charge is 0.261 e. The van der Waals surface area contributed by atoms with Crippen molar-refractivity contribution in [2.75, 3.05) is 32.1 Å². The largest absolute Gasteiger partial charge is 0.401 e. The molecule has 0 N–H and O–H groups in total. The Hall–Kier alpha value is -2.48. The Morgan fingerprint density at radius 3 is 1.91 bits per heavy atom. The summed E-state index contributed by atoms with van der Waals surface area (Å²) in [5.41, 5.74) is 0. The Labute approximate surface area is 196 Å². The number of thiazole rings is 1. The van der Waals surface area contributed by atoms with Gasteiger partial charge in [0.25, 0.3) is 8.32 Å². The number of nitrogens with zero attached hydrogens (tertiary/aromatic N) is 3. The van der Waals surface area contributed by atoms with Crippen LogP contribution in [0.5, 0.6) is 0 Å². The first-order valence-electron chi connectivity index (χ1n) is 10.8. The summed E-state index contributed by atoms with van der Waals surface area (Å²) in [6, 6.07) is 21.7. The van der Waals surface area contributed by atoms with E-state index in [1.165, 1.54) is 15.3 Å². The summed E-state index contributed by atoms with van der Waals surface area (Å²) in [6.07, 6.45) is 2.86. The molecule has 32 heavy (non-hydrogen) atoms. The topological polar surface area (TPSA) is 45.7 Å². The molecule has 0 atom stereocenters. The molecule has 4 rings (SSSR count). The third kappa shape index (κ3) is 5.28. The van der Waals surface area contributed by atoms with Crippen molar-refractivity contribution < 1.29 is 9.22 Å². The van der Waals surface area contributed by atoms with Gasteiger partial charge in [0.2, 0.25) is 6.41 Å². The third-order valence-electron chi connectivity index (χ3n) is 5.51. The Balaban J connectivity index is 0.000000523. The maximum Gasteiger partial charge on any atom is 0.261 e. The monoisotopic (exact) mass is 467 g/mol. The van der Waals surface area contributed by atoms with Gasteiger partial charge in [0.1, 0.15) is 0 Å². The SMILES string of the molecule is CC(C)(C)[Si](OC1CN(c2nccs2)C1)(c1ccccc1)c1ccccc1.CN(C)C=O. The lowest BCUT2D eigenvalue weighted by Crippen LogP contribution is -2.70. The van der Waals surface area contributed by atoms with Crippen LogP contribution in [0, 0.1) is 0 Å². The van der Waals surface area contributed by atoms with E-state index in [0.717, 1.165) is 24.6 Å². The van der Waals surface area contributed by atoms with Gasteiger partial charge in [0.15, 0.2) is 5.13 Å². The van der Waals surface area contributed by atoms with Crippen molar-refractivity contribution in [3.63, 3.8) is 0 Å². The highest BCUT2D eigenvalue weighted by atomic mass is 32.1. The van der Waals surface area contributed by atoms with Crippen LogP contribution in [-0.4, -0.2) is 57.9 Å². The van der Waals surface area contributed by atoms with Gasteiger partial charge >= 0.3 is 0 Å². The Kier molecular flexibility index (Phi) is 7.87. The molecule has 1 aliphatic rings. The van der Waals surface area contributed by atoms with E-state index < -0.39 is 8.32 Å². The third-order valence-corrected chi connectivity index (χ3v) is 11.4. The average molecular weight is 468 g/mol. The van der Waals surface area contributed by atoms with Crippen molar-refractivity contribution in [3.8, 4) is 0 Å². The number of benzene rings is 2. The van der Waals surface area contributed by atoms with Crippen molar-refractivity contribution in [2.24, 2.45) is 0 Å². The van der Waals surface area contributed by atoms with Gasteiger partial charge in [-0.05, 0) is 15.4 Å². The molecule has 3 aromatic rings. The van der Waals surface area contributed by atoms with Crippen molar-refractivity contribution in [1.29, 1.82) is 0 Å². The standard InChI is InChI=1S/C22H26N2OSSi.C3H7NO/c1-22(2,3)27(19-10-6-4-7-11-19,20-12-8-5-9-13-20)25-18-16-24(17-18)21-23-14-15-26-21;1-4(2)3-5/h4-15,18H,16-17H2,1-3H3;3H,1-2H3. The Bertz CT molecular complexity index is 914. The first kappa shape index (κ1) is 24.2. The van der Waals surface area contributed by atoms with Crippen LogP contribution in [-0.2, 0) is 9.22 Å². The van der Waals surface area contributed by atoms with Crippen LogP contribution in [0.1, 0.15) is 20.8 Å². The molecular weight excluding hydrogens is 434 g/mol. The highest BCUT2D eigenvalue weighted by Crippen LogP contribution is 2.39. The molecule has 1 saturated heterocycles. The second-order valence-electron chi connectivity index (χ2n) is 9.19. The Morgan fingerprint density at radius 2 is 1.53 bits per heavy atom. The van der Waals surface area contributed by atoms with E-state index in [9.17, 15) is 4.79 Å². The van der Waals surface area contributed by atoms with Gasteiger partial charge in [-0.2, -0.15) is 0 Å². The minimum atomic E-state index is -2.44. The lowest BCUT2D eigenvalue weighted by molar-refractivity contribution is -0.115. The van der Waals surface area contributed by atoms with Crippen molar-refractivity contribution in [1.82, 2.24) is 9.88 Å². The van der Waals surface area contributed by atoms with E-state index in [-0.39, 0.29) is 11.1 Å². The van der Waals surface area contributed by atoms with Gasteiger partial charge in [-0.3, -0.25) is 4.79 Å². The van der Waals surface area contributed by atoms with Crippen LogP contribution >= 0.6 is 11.3 Å². The molecule has 0 spiro atoms. The fourth-order valence-electron chi connectivity index (χ4n) is 3.98. The fraction of sp³-hybridized carbons (Fsp3) is 0.360. The predicted octanol–water partition coefficient (Wildman–Crippen LogP) is 3.61. The number of carbonyl (C=O) groups is 1. The van der Waals surface area contributed by atoms with Crippen molar-refractivity contribution >= 4 is 41.6 Å². The molecule has 1 aliphatic heterocycles. The number of carbonyl (C=O) groups excluding carboxylic acids is 1. The maximum absolute atomic E-state index is 9.43. The van der Waals surface area contributed by atoms with Gasteiger partial charge in [-0.1, -0.05) is 81.4 Å². The van der Waals surface area contributed by atoms with Crippen LogP contribution < -0.4 is 15.3 Å².